The molecule has 6 nitrogen and oxygen atoms in total. The van der Waals surface area contributed by atoms with Gasteiger partial charge >= 0.3 is 5.97 Å². The summed E-state index contributed by atoms with van der Waals surface area (Å²) in [5, 5.41) is 2.78. The van der Waals surface area contributed by atoms with Crippen molar-refractivity contribution in [2.75, 3.05) is 0 Å². The highest BCUT2D eigenvalue weighted by Crippen LogP contribution is 2.65. The van der Waals surface area contributed by atoms with Gasteiger partial charge in [-0.05, 0) is 86.3 Å². The van der Waals surface area contributed by atoms with Crippen LogP contribution in [-0.4, -0.2) is 23.8 Å². The van der Waals surface area contributed by atoms with E-state index < -0.39 is 0 Å². The van der Waals surface area contributed by atoms with E-state index in [0.29, 0.717) is 42.3 Å². The van der Waals surface area contributed by atoms with Gasteiger partial charge in [0, 0.05) is 18.3 Å². The Labute approximate surface area is 201 Å². The third-order valence-electron chi connectivity index (χ3n) is 9.74. The minimum absolute atomic E-state index is 0.0143. The molecular formula is C28H37NO5. The quantitative estimate of drug-likeness (QED) is 0.587. The Balaban J connectivity index is 1.17. The van der Waals surface area contributed by atoms with Gasteiger partial charge in [-0.2, -0.15) is 0 Å². The number of esters is 1. The normalized spacial score (nSPS) is 36.6. The zero-order valence-electron chi connectivity index (χ0n) is 20.4. The first-order valence-electron chi connectivity index (χ1n) is 13.0. The van der Waals surface area contributed by atoms with Crippen LogP contribution in [0.4, 0.5) is 0 Å². The van der Waals surface area contributed by atoms with Crippen LogP contribution in [0.5, 0.6) is 0 Å². The maximum absolute atomic E-state index is 12.6. The molecule has 4 aliphatic carbocycles. The molecule has 0 unspecified atom stereocenters. The summed E-state index contributed by atoms with van der Waals surface area (Å²) in [7, 11) is 0. The van der Waals surface area contributed by atoms with Crippen LogP contribution >= 0.6 is 0 Å². The molecule has 184 valence electrons. The standard InChI is InChI=1S/C28H37NO5/c1-27-13-11-19(30)16-18(27)5-6-21-22-7-8-24(28(22,2)14-12-23(21)27)34-26(32)10-9-25(31)29-17-20-4-3-15-33-20/h3-4,15-16,21-24H,5-14,17H2,1-2H3,(H,29,31)/t21-,22-,23-,24-,27-,28-/m0/s1. The monoisotopic (exact) mass is 467 g/mol. The number of allylic oxidation sites excluding steroid dienone is 1. The molecule has 1 N–H and O–H groups in total. The van der Waals surface area contributed by atoms with Crippen molar-refractivity contribution in [3.63, 3.8) is 0 Å². The molecule has 5 rings (SSSR count). The Morgan fingerprint density at radius 2 is 1.94 bits per heavy atom. The van der Waals surface area contributed by atoms with Crippen LogP contribution in [0.25, 0.3) is 0 Å². The zero-order valence-corrected chi connectivity index (χ0v) is 20.4. The van der Waals surface area contributed by atoms with Crippen LogP contribution in [0.3, 0.4) is 0 Å². The number of ketones is 1. The van der Waals surface area contributed by atoms with E-state index in [2.05, 4.69) is 19.2 Å². The van der Waals surface area contributed by atoms with E-state index in [1.165, 1.54) is 5.57 Å². The molecular weight excluding hydrogens is 430 g/mol. The first-order chi connectivity index (χ1) is 16.3. The van der Waals surface area contributed by atoms with Gasteiger partial charge in [-0.15, -0.1) is 0 Å². The van der Waals surface area contributed by atoms with Gasteiger partial charge in [-0.1, -0.05) is 19.4 Å². The highest BCUT2D eigenvalue weighted by atomic mass is 16.5. The van der Waals surface area contributed by atoms with Crippen LogP contribution in [0, 0.1) is 28.6 Å². The summed E-state index contributed by atoms with van der Waals surface area (Å²) in [5.74, 6) is 2.39. The first-order valence-corrected chi connectivity index (χ1v) is 13.0. The Hall–Kier alpha value is -2.37. The Morgan fingerprint density at radius 3 is 2.74 bits per heavy atom. The van der Waals surface area contributed by atoms with Crippen molar-refractivity contribution in [3.05, 3.63) is 35.8 Å². The first kappa shape index (κ1) is 23.4. The highest BCUT2D eigenvalue weighted by molar-refractivity contribution is 5.91. The largest absolute Gasteiger partial charge is 0.467 e. The predicted molar refractivity (Wildman–Crippen MR) is 126 cm³/mol. The van der Waals surface area contributed by atoms with Gasteiger partial charge in [0.2, 0.25) is 5.91 Å². The summed E-state index contributed by atoms with van der Waals surface area (Å²) in [6.45, 7) is 5.05. The minimum atomic E-state index is -0.270. The summed E-state index contributed by atoms with van der Waals surface area (Å²) < 4.78 is 11.2. The number of furan rings is 1. The Bertz CT molecular complexity index is 981. The van der Waals surface area contributed by atoms with E-state index in [4.69, 9.17) is 9.15 Å². The molecule has 0 saturated heterocycles. The topological polar surface area (TPSA) is 85.6 Å². The highest BCUT2D eigenvalue weighted by Gasteiger charge is 2.59. The molecule has 0 radical (unpaired) electrons. The number of amides is 1. The molecule has 6 heteroatoms. The lowest BCUT2D eigenvalue weighted by Gasteiger charge is -2.57. The molecule has 0 aliphatic heterocycles. The van der Waals surface area contributed by atoms with Crippen LogP contribution in [0.15, 0.2) is 34.5 Å². The van der Waals surface area contributed by atoms with Gasteiger partial charge in [0.05, 0.1) is 19.2 Å². The fraction of sp³-hybridized carbons (Fsp3) is 0.679. The summed E-state index contributed by atoms with van der Waals surface area (Å²) >= 11 is 0. The maximum Gasteiger partial charge on any atom is 0.306 e. The van der Waals surface area contributed by atoms with E-state index in [0.717, 1.165) is 44.9 Å². The van der Waals surface area contributed by atoms with Crippen molar-refractivity contribution in [2.45, 2.75) is 90.7 Å². The number of ether oxygens (including phenoxy) is 1. The van der Waals surface area contributed by atoms with E-state index >= 15 is 0 Å². The Morgan fingerprint density at radius 1 is 1.09 bits per heavy atom. The number of carbonyl (C=O) groups is 3. The molecule has 3 fully saturated rings. The summed E-state index contributed by atoms with van der Waals surface area (Å²) in [5.41, 5.74) is 1.57. The number of carbonyl (C=O) groups excluding carboxylic acids is 3. The lowest BCUT2D eigenvalue weighted by molar-refractivity contribution is -0.160. The van der Waals surface area contributed by atoms with E-state index in [1.807, 2.05) is 6.08 Å². The van der Waals surface area contributed by atoms with Crippen LogP contribution in [0.1, 0.15) is 83.8 Å². The molecule has 4 aliphatic rings. The number of hydrogen-bond donors (Lipinski definition) is 1. The van der Waals surface area contributed by atoms with Gasteiger partial charge in [-0.25, -0.2) is 0 Å². The van der Waals surface area contributed by atoms with Gasteiger partial charge in [0.1, 0.15) is 11.9 Å². The number of rotatable bonds is 6. The van der Waals surface area contributed by atoms with Gasteiger partial charge in [0.25, 0.3) is 0 Å². The second kappa shape index (κ2) is 9.01. The van der Waals surface area contributed by atoms with E-state index in [9.17, 15) is 14.4 Å². The lowest BCUT2D eigenvalue weighted by atomic mass is 9.47. The Kier molecular flexibility index (Phi) is 6.19. The summed E-state index contributed by atoms with van der Waals surface area (Å²) in [4.78, 5) is 36.8. The predicted octanol–water partition coefficient (Wildman–Crippen LogP) is 5.12. The molecule has 0 aromatic carbocycles. The number of fused-ring (bicyclic) bond motifs is 5. The molecule has 0 bridgehead atoms. The smallest absolute Gasteiger partial charge is 0.306 e. The average Bonchev–Trinajstić information content (AvgIpc) is 3.45. The maximum atomic E-state index is 12.6. The van der Waals surface area contributed by atoms with Crippen molar-refractivity contribution >= 4 is 17.7 Å². The van der Waals surface area contributed by atoms with Crippen molar-refractivity contribution in [2.24, 2.45) is 28.6 Å². The third kappa shape index (κ3) is 4.14. The molecule has 3 saturated carbocycles. The van der Waals surface area contributed by atoms with Crippen molar-refractivity contribution in [1.29, 1.82) is 0 Å². The second-order valence-corrected chi connectivity index (χ2v) is 11.4. The van der Waals surface area contributed by atoms with Crippen molar-refractivity contribution in [3.8, 4) is 0 Å². The molecule has 1 aromatic rings. The molecule has 34 heavy (non-hydrogen) atoms. The SMILES string of the molecule is C[C@]12CC[C@H]3[C@@H](CCC4=CC(=O)CC[C@@]43C)[C@@H]1CC[C@@H]2OC(=O)CCC(=O)NCc1ccco1. The number of hydrogen-bond acceptors (Lipinski definition) is 5. The molecule has 1 amide bonds. The zero-order chi connectivity index (χ0) is 23.9. The van der Waals surface area contributed by atoms with Crippen LogP contribution in [-0.2, 0) is 25.7 Å². The van der Waals surface area contributed by atoms with Gasteiger partial charge < -0.3 is 14.5 Å². The van der Waals surface area contributed by atoms with E-state index in [1.54, 1.807) is 18.4 Å². The number of nitrogens with one attached hydrogen (secondary N) is 1. The molecule has 0 spiro atoms. The van der Waals surface area contributed by atoms with Crippen molar-refractivity contribution in [1.82, 2.24) is 5.32 Å². The molecule has 6 atom stereocenters. The summed E-state index contributed by atoms with van der Waals surface area (Å²) in [6.07, 6.45) is 11.8. The van der Waals surface area contributed by atoms with Crippen molar-refractivity contribution < 1.29 is 23.5 Å². The summed E-state index contributed by atoms with van der Waals surface area (Å²) in [6, 6.07) is 3.58. The molecule has 1 aromatic heterocycles. The average molecular weight is 468 g/mol. The van der Waals surface area contributed by atoms with Crippen LogP contribution in [0.2, 0.25) is 0 Å². The van der Waals surface area contributed by atoms with Gasteiger partial charge in [0.15, 0.2) is 5.78 Å². The van der Waals surface area contributed by atoms with Crippen LogP contribution < -0.4 is 5.32 Å². The van der Waals surface area contributed by atoms with Gasteiger partial charge in [-0.3, -0.25) is 14.4 Å². The minimum Gasteiger partial charge on any atom is -0.467 e. The third-order valence-corrected chi connectivity index (χ3v) is 9.74. The van der Waals surface area contributed by atoms with E-state index in [-0.39, 0.29) is 41.7 Å². The fourth-order valence-electron chi connectivity index (χ4n) is 7.83. The lowest BCUT2D eigenvalue weighted by Crippen LogP contribution is -2.51. The second-order valence-electron chi connectivity index (χ2n) is 11.4. The fourth-order valence-corrected chi connectivity index (χ4v) is 7.83. The molecule has 1 heterocycles.